The number of thiazole rings is 1. The highest BCUT2D eigenvalue weighted by Crippen LogP contribution is 2.34. The fourth-order valence-electron chi connectivity index (χ4n) is 2.99. The number of rotatable bonds is 7. The zero-order chi connectivity index (χ0) is 18.7. The van der Waals surface area contributed by atoms with Gasteiger partial charge in [0.05, 0.1) is 16.3 Å². The van der Waals surface area contributed by atoms with E-state index in [0.29, 0.717) is 6.42 Å². The first kappa shape index (κ1) is 19.8. The molecule has 0 spiro atoms. The van der Waals surface area contributed by atoms with E-state index in [4.69, 9.17) is 9.47 Å². The minimum atomic E-state index is -0.987. The van der Waals surface area contributed by atoms with Gasteiger partial charge in [-0.25, -0.2) is 4.98 Å². The van der Waals surface area contributed by atoms with Crippen LogP contribution in [0.15, 0.2) is 40.1 Å². The third kappa shape index (κ3) is 4.65. The molecular weight excluding hydrogens is 370 g/mol. The van der Waals surface area contributed by atoms with Crippen molar-refractivity contribution in [1.82, 2.24) is 4.98 Å². The number of hydrogen-bond donors (Lipinski definition) is 2. The summed E-state index contributed by atoms with van der Waals surface area (Å²) in [6.07, 6.45) is 0.362. The van der Waals surface area contributed by atoms with Gasteiger partial charge in [-0.15, -0.1) is 11.3 Å². The molecule has 142 valence electrons. The number of ether oxygens (including phenoxy) is 2. The summed E-state index contributed by atoms with van der Waals surface area (Å²) in [5.41, 5.74) is 0.992. The molecule has 2 heterocycles. The van der Waals surface area contributed by atoms with E-state index >= 15 is 0 Å². The van der Waals surface area contributed by atoms with Crippen LogP contribution in [0, 0.1) is 0 Å². The van der Waals surface area contributed by atoms with E-state index < -0.39 is 30.2 Å². The molecule has 0 radical (unpaired) electrons. The van der Waals surface area contributed by atoms with Gasteiger partial charge in [-0.05, 0) is 43.9 Å². The Balaban J connectivity index is 1.68. The monoisotopic (exact) mass is 395 g/mol. The van der Waals surface area contributed by atoms with Crippen LogP contribution in [-0.2, 0) is 9.47 Å². The molecule has 7 heteroatoms. The minimum Gasteiger partial charge on any atom is -0.390 e. The normalized spacial score (nSPS) is 25.1. The summed E-state index contributed by atoms with van der Waals surface area (Å²) in [6, 6.07) is 8.03. The van der Waals surface area contributed by atoms with Gasteiger partial charge < -0.3 is 19.7 Å². The summed E-state index contributed by atoms with van der Waals surface area (Å²) in [5, 5.41) is 22.5. The van der Waals surface area contributed by atoms with Crippen molar-refractivity contribution in [3.8, 4) is 0 Å². The number of benzene rings is 1. The Morgan fingerprint density at radius 2 is 2.08 bits per heavy atom. The Morgan fingerprint density at radius 3 is 2.81 bits per heavy atom. The van der Waals surface area contributed by atoms with Crippen LogP contribution in [-0.4, -0.2) is 45.4 Å². The Kier molecular flexibility index (Phi) is 6.37. The first-order valence-corrected chi connectivity index (χ1v) is 10.5. The molecule has 0 aliphatic carbocycles. The van der Waals surface area contributed by atoms with Gasteiger partial charge in [-0.1, -0.05) is 37.2 Å². The first-order valence-electron chi connectivity index (χ1n) is 8.80. The van der Waals surface area contributed by atoms with E-state index in [2.05, 4.69) is 11.1 Å². The third-order valence-electron chi connectivity index (χ3n) is 4.19. The van der Waals surface area contributed by atoms with E-state index in [1.165, 1.54) is 11.8 Å². The van der Waals surface area contributed by atoms with E-state index in [1.54, 1.807) is 11.3 Å². The molecule has 1 aromatic carbocycles. The number of aliphatic hydroxyl groups excluding tert-OH is 2. The Morgan fingerprint density at radius 1 is 1.31 bits per heavy atom. The zero-order valence-electron chi connectivity index (χ0n) is 15.2. The van der Waals surface area contributed by atoms with Crippen molar-refractivity contribution in [2.24, 2.45) is 0 Å². The van der Waals surface area contributed by atoms with Crippen LogP contribution < -0.4 is 0 Å². The first-order chi connectivity index (χ1) is 12.4. The molecule has 5 nitrogen and oxygen atoms in total. The van der Waals surface area contributed by atoms with Crippen molar-refractivity contribution in [2.45, 2.75) is 68.2 Å². The number of fused-ring (bicyclic) bond motifs is 1. The molecule has 1 aliphatic heterocycles. The van der Waals surface area contributed by atoms with Gasteiger partial charge in [-0.2, -0.15) is 0 Å². The molecule has 2 N–H and O–H groups in total. The van der Waals surface area contributed by atoms with Gasteiger partial charge in [0.15, 0.2) is 10.1 Å². The van der Waals surface area contributed by atoms with E-state index in [1.807, 2.05) is 50.5 Å². The second-order valence-electron chi connectivity index (χ2n) is 6.81. The van der Waals surface area contributed by atoms with Crippen molar-refractivity contribution < 1.29 is 19.7 Å². The number of aliphatic hydroxyl groups is 2. The molecule has 0 unspecified atom stereocenters. The largest absolute Gasteiger partial charge is 0.390 e. The van der Waals surface area contributed by atoms with Crippen molar-refractivity contribution >= 4 is 33.3 Å². The van der Waals surface area contributed by atoms with E-state index in [0.717, 1.165) is 21.0 Å². The van der Waals surface area contributed by atoms with Crippen LogP contribution >= 0.6 is 23.1 Å². The van der Waals surface area contributed by atoms with Crippen LogP contribution in [0.25, 0.3) is 10.2 Å². The van der Waals surface area contributed by atoms with Crippen LogP contribution in [0.3, 0.4) is 0 Å². The third-order valence-corrected chi connectivity index (χ3v) is 6.15. The molecule has 0 amide bonds. The lowest BCUT2D eigenvalue weighted by Crippen LogP contribution is -2.42. The van der Waals surface area contributed by atoms with Gasteiger partial charge in [0.1, 0.15) is 18.3 Å². The summed E-state index contributed by atoms with van der Waals surface area (Å²) in [5.74, 6) is -0.798. The Hall–Kier alpha value is -0.960. The van der Waals surface area contributed by atoms with Crippen LogP contribution in [0.5, 0.6) is 0 Å². The summed E-state index contributed by atoms with van der Waals surface area (Å²) in [6.45, 7) is 5.60. The van der Waals surface area contributed by atoms with Gasteiger partial charge in [-0.3, -0.25) is 0 Å². The molecule has 3 rings (SSSR count). The average Bonchev–Trinajstić information content (AvgIpc) is 3.14. The quantitative estimate of drug-likeness (QED) is 0.692. The molecule has 2 aromatic rings. The highest BCUT2D eigenvalue weighted by atomic mass is 32.2. The average molecular weight is 396 g/mol. The van der Waals surface area contributed by atoms with E-state index in [-0.39, 0.29) is 0 Å². The summed E-state index contributed by atoms with van der Waals surface area (Å²) in [7, 11) is 0. The minimum absolute atomic E-state index is 0.423. The lowest BCUT2D eigenvalue weighted by Gasteiger charge is -2.25. The van der Waals surface area contributed by atoms with Gasteiger partial charge in [0.2, 0.25) is 0 Å². The van der Waals surface area contributed by atoms with Gasteiger partial charge in [0, 0.05) is 0 Å². The SMILES string of the molecule is CCC[C@@H](O)[C@H](O)[C@H]1OC(C)(C)O[C@H]1/C=C/Sc1nc2ccccc2s1. The topological polar surface area (TPSA) is 71.8 Å². The van der Waals surface area contributed by atoms with Crippen molar-refractivity contribution in [2.75, 3.05) is 0 Å². The lowest BCUT2D eigenvalue weighted by atomic mass is 10.00. The number of nitrogens with zero attached hydrogens (tertiary/aromatic N) is 1. The summed E-state index contributed by atoms with van der Waals surface area (Å²) < 4.78 is 13.8. The molecule has 0 bridgehead atoms. The lowest BCUT2D eigenvalue weighted by molar-refractivity contribution is -0.161. The zero-order valence-corrected chi connectivity index (χ0v) is 16.8. The highest BCUT2D eigenvalue weighted by Gasteiger charge is 2.45. The predicted octanol–water partition coefficient (Wildman–Crippen LogP) is 3.94. The predicted molar refractivity (Wildman–Crippen MR) is 105 cm³/mol. The molecule has 0 saturated carbocycles. The standard InChI is InChI=1S/C19H25NO4S2/c1-4-7-13(21)16(22)17-14(23-19(2,3)24-17)10-11-25-18-20-12-8-5-6-9-15(12)26-18/h5-6,8-11,13-14,16-17,21-22H,4,7H2,1-3H3/b11-10+/t13-,14+,16+,17+/m1/s1. The smallest absolute Gasteiger partial charge is 0.164 e. The highest BCUT2D eigenvalue weighted by molar-refractivity contribution is 8.03. The van der Waals surface area contributed by atoms with Gasteiger partial charge >= 0.3 is 0 Å². The Labute approximate surface area is 162 Å². The molecule has 1 aromatic heterocycles. The second kappa shape index (κ2) is 8.37. The molecule has 1 aliphatic rings. The number of para-hydroxylation sites is 1. The van der Waals surface area contributed by atoms with Crippen LogP contribution in [0.2, 0.25) is 0 Å². The molecule has 1 saturated heterocycles. The van der Waals surface area contributed by atoms with Crippen LogP contribution in [0.1, 0.15) is 33.6 Å². The number of aromatic nitrogens is 1. The fourth-order valence-corrected chi connectivity index (χ4v) is 4.82. The maximum Gasteiger partial charge on any atom is 0.164 e. The Bertz CT molecular complexity index is 728. The maximum absolute atomic E-state index is 10.5. The maximum atomic E-state index is 10.5. The molecule has 1 fully saturated rings. The number of thioether (sulfide) groups is 1. The number of hydrogen-bond acceptors (Lipinski definition) is 7. The van der Waals surface area contributed by atoms with E-state index in [9.17, 15) is 10.2 Å². The summed E-state index contributed by atoms with van der Waals surface area (Å²) >= 11 is 3.15. The van der Waals surface area contributed by atoms with Crippen LogP contribution in [0.4, 0.5) is 0 Å². The van der Waals surface area contributed by atoms with Crippen molar-refractivity contribution in [3.63, 3.8) is 0 Å². The molecule has 4 atom stereocenters. The molecular formula is C19H25NO4S2. The summed E-state index contributed by atoms with van der Waals surface area (Å²) in [4.78, 5) is 4.58. The van der Waals surface area contributed by atoms with Gasteiger partial charge in [0.25, 0.3) is 0 Å². The van der Waals surface area contributed by atoms with Crippen molar-refractivity contribution in [3.05, 3.63) is 35.7 Å². The molecule has 26 heavy (non-hydrogen) atoms. The fraction of sp³-hybridized carbons (Fsp3) is 0.526. The van der Waals surface area contributed by atoms with Crippen molar-refractivity contribution in [1.29, 1.82) is 0 Å². The second-order valence-corrected chi connectivity index (χ2v) is 8.99.